The third-order valence-electron chi connectivity index (χ3n) is 8.94. The smallest absolute Gasteiger partial charge is 0.277 e. The summed E-state index contributed by atoms with van der Waals surface area (Å²) in [4.78, 5) is 0. The molecule has 0 aromatic heterocycles. The van der Waals surface area contributed by atoms with Crippen molar-refractivity contribution in [2.45, 2.75) is 119 Å². The molecule has 1 unspecified atom stereocenters. The minimum Gasteiger partial charge on any atom is -0.481 e. The highest BCUT2D eigenvalue weighted by atomic mass is 31.2. The number of aliphatic hydroxyl groups is 1. The van der Waals surface area contributed by atoms with Crippen LogP contribution in [0.15, 0.2) is 55.0 Å². The van der Waals surface area contributed by atoms with Gasteiger partial charge in [-0.25, -0.2) is 0 Å². The molecule has 182 valence electrons. The fraction of sp³-hybridized carbons (Fsp3) is 0.667. The predicted octanol–water partition coefficient (Wildman–Crippen LogP) is 9.35. The molecular formula is C30H46O2P+. The molecule has 0 bridgehead atoms. The van der Waals surface area contributed by atoms with Crippen LogP contribution in [0.3, 0.4) is 0 Å². The number of hydrogen-bond donors (Lipinski definition) is 1. The van der Waals surface area contributed by atoms with Crippen molar-refractivity contribution in [3.63, 3.8) is 0 Å². The third kappa shape index (κ3) is 6.05. The summed E-state index contributed by atoms with van der Waals surface area (Å²) < 4.78 is 6.06. The molecule has 1 N–H and O–H groups in total. The van der Waals surface area contributed by atoms with Crippen LogP contribution in [-0.2, 0) is 4.74 Å². The Morgan fingerprint density at radius 2 is 1.27 bits per heavy atom. The SMILES string of the molecule is C=CC(O/C(O)=C/C[P+](C1CCCCC1)(C1CCCCC1)C1CCCCC1)c1ccccc1. The van der Waals surface area contributed by atoms with Crippen molar-refractivity contribution in [2.75, 3.05) is 6.16 Å². The van der Waals surface area contributed by atoms with Gasteiger partial charge in [-0.2, -0.15) is 0 Å². The summed E-state index contributed by atoms with van der Waals surface area (Å²) in [7, 11) is -1.24. The Labute approximate surface area is 203 Å². The van der Waals surface area contributed by atoms with Crippen LogP contribution in [0.25, 0.3) is 0 Å². The second kappa shape index (κ2) is 12.4. The summed E-state index contributed by atoms with van der Waals surface area (Å²) in [5.41, 5.74) is 3.81. The van der Waals surface area contributed by atoms with Gasteiger partial charge >= 0.3 is 0 Å². The molecule has 0 radical (unpaired) electrons. The van der Waals surface area contributed by atoms with Gasteiger partial charge in [-0.05, 0) is 88.7 Å². The van der Waals surface area contributed by atoms with E-state index in [9.17, 15) is 5.11 Å². The molecule has 1 aromatic rings. The molecular weight excluding hydrogens is 423 g/mol. The predicted molar refractivity (Wildman–Crippen MR) is 144 cm³/mol. The van der Waals surface area contributed by atoms with E-state index < -0.39 is 7.26 Å². The van der Waals surface area contributed by atoms with Gasteiger partial charge in [0.2, 0.25) is 0 Å². The first-order valence-electron chi connectivity index (χ1n) is 13.8. The maximum atomic E-state index is 11.0. The molecule has 0 heterocycles. The second-order valence-corrected chi connectivity index (χ2v) is 15.3. The van der Waals surface area contributed by atoms with Crippen LogP contribution in [0.1, 0.15) is 108 Å². The summed E-state index contributed by atoms with van der Waals surface area (Å²) in [6.07, 6.45) is 26.2. The van der Waals surface area contributed by atoms with E-state index in [1.165, 1.54) is 96.3 Å². The van der Waals surface area contributed by atoms with Crippen molar-refractivity contribution in [1.29, 1.82) is 0 Å². The van der Waals surface area contributed by atoms with Gasteiger partial charge in [0.15, 0.2) is 0 Å². The van der Waals surface area contributed by atoms with Crippen molar-refractivity contribution >= 4 is 7.26 Å². The molecule has 3 aliphatic rings. The van der Waals surface area contributed by atoms with Gasteiger partial charge in [0, 0.05) is 13.3 Å². The zero-order chi connectivity index (χ0) is 22.9. The Kier molecular flexibility index (Phi) is 9.36. The fourth-order valence-electron chi connectivity index (χ4n) is 7.34. The van der Waals surface area contributed by atoms with Crippen LogP contribution in [-0.4, -0.2) is 28.2 Å². The lowest BCUT2D eigenvalue weighted by atomic mass is 9.99. The van der Waals surface area contributed by atoms with Crippen LogP contribution in [0, 0.1) is 0 Å². The highest BCUT2D eigenvalue weighted by Gasteiger charge is 2.56. The zero-order valence-electron chi connectivity index (χ0n) is 20.7. The van der Waals surface area contributed by atoms with E-state index in [1.807, 2.05) is 30.3 Å². The largest absolute Gasteiger partial charge is 0.481 e. The minimum absolute atomic E-state index is 0.121. The van der Waals surface area contributed by atoms with Crippen LogP contribution < -0.4 is 0 Å². The highest BCUT2D eigenvalue weighted by Crippen LogP contribution is 2.77. The van der Waals surface area contributed by atoms with E-state index in [2.05, 4.69) is 12.7 Å². The fourth-order valence-corrected chi connectivity index (χ4v) is 14.5. The average Bonchev–Trinajstić information content (AvgIpc) is 2.90. The normalized spacial score (nSPS) is 23.2. The summed E-state index contributed by atoms with van der Waals surface area (Å²) in [6, 6.07) is 10.1. The molecule has 1 aromatic carbocycles. The summed E-state index contributed by atoms with van der Waals surface area (Å²) in [5, 5.41) is 11.0. The highest BCUT2D eigenvalue weighted by molar-refractivity contribution is 7.78. The van der Waals surface area contributed by atoms with Gasteiger partial charge in [-0.1, -0.05) is 56.2 Å². The molecule has 3 aliphatic carbocycles. The van der Waals surface area contributed by atoms with E-state index in [4.69, 9.17) is 4.74 Å². The van der Waals surface area contributed by atoms with E-state index in [0.29, 0.717) is 0 Å². The Morgan fingerprint density at radius 3 is 1.70 bits per heavy atom. The molecule has 3 fully saturated rings. The molecule has 0 spiro atoms. The third-order valence-corrected chi connectivity index (χ3v) is 15.4. The Bertz CT molecular complexity index is 694. The van der Waals surface area contributed by atoms with E-state index >= 15 is 0 Å². The first-order valence-corrected chi connectivity index (χ1v) is 16.0. The maximum absolute atomic E-state index is 11.0. The number of ether oxygens (including phenoxy) is 1. The Hall–Kier alpha value is -1.27. The van der Waals surface area contributed by atoms with Gasteiger partial charge in [0.25, 0.3) is 5.95 Å². The topological polar surface area (TPSA) is 29.5 Å². The van der Waals surface area contributed by atoms with Crippen LogP contribution in [0.4, 0.5) is 0 Å². The van der Waals surface area contributed by atoms with Crippen LogP contribution in [0.5, 0.6) is 0 Å². The first-order chi connectivity index (χ1) is 16.2. The lowest BCUT2D eigenvalue weighted by molar-refractivity contribution is 0.0562. The van der Waals surface area contributed by atoms with Crippen molar-refractivity contribution in [3.8, 4) is 0 Å². The first kappa shape index (κ1) is 24.8. The Morgan fingerprint density at radius 1 is 0.818 bits per heavy atom. The van der Waals surface area contributed by atoms with Gasteiger partial charge in [-0.15, -0.1) is 0 Å². The monoisotopic (exact) mass is 469 g/mol. The molecule has 0 aliphatic heterocycles. The molecule has 1 atom stereocenters. The average molecular weight is 470 g/mol. The Balaban J connectivity index is 1.60. The van der Waals surface area contributed by atoms with Crippen molar-refractivity contribution in [3.05, 3.63) is 60.6 Å². The van der Waals surface area contributed by atoms with E-state index in [-0.39, 0.29) is 12.0 Å². The molecule has 3 saturated carbocycles. The molecule has 0 saturated heterocycles. The van der Waals surface area contributed by atoms with E-state index in [0.717, 1.165) is 28.7 Å². The maximum Gasteiger partial charge on any atom is 0.277 e. The van der Waals surface area contributed by atoms with Gasteiger partial charge in [0.05, 0.1) is 23.1 Å². The molecule has 2 nitrogen and oxygen atoms in total. The van der Waals surface area contributed by atoms with Crippen molar-refractivity contribution in [1.82, 2.24) is 0 Å². The minimum atomic E-state index is -1.24. The summed E-state index contributed by atoms with van der Waals surface area (Å²) in [5.74, 6) is 0.121. The molecule has 4 rings (SSSR count). The van der Waals surface area contributed by atoms with Gasteiger partial charge < -0.3 is 9.84 Å². The van der Waals surface area contributed by atoms with Crippen LogP contribution >= 0.6 is 7.26 Å². The number of hydrogen-bond acceptors (Lipinski definition) is 2. The lowest BCUT2D eigenvalue weighted by Crippen LogP contribution is -2.37. The van der Waals surface area contributed by atoms with E-state index in [1.54, 1.807) is 6.08 Å². The molecule has 3 heteroatoms. The van der Waals surface area contributed by atoms with Gasteiger partial charge in [-0.3, -0.25) is 0 Å². The summed E-state index contributed by atoms with van der Waals surface area (Å²) >= 11 is 0. The number of rotatable bonds is 9. The van der Waals surface area contributed by atoms with Crippen molar-refractivity contribution < 1.29 is 9.84 Å². The lowest BCUT2D eigenvalue weighted by Gasteiger charge is -2.48. The standard InChI is InChI=1S/C30H45O2P/c1-2-29(25-15-7-3-8-16-25)32-30(31)23-24-33(26-17-9-4-10-18-26,27-19-11-5-12-20-27)28-21-13-6-14-22-28/h2-3,7-8,15-16,23,26-29H,1,4-6,9-14,17-22,24H2/p+1/b30-23+. The zero-order valence-corrected chi connectivity index (χ0v) is 21.6. The molecule has 0 amide bonds. The second-order valence-electron chi connectivity index (χ2n) is 10.8. The van der Waals surface area contributed by atoms with Crippen molar-refractivity contribution in [2.24, 2.45) is 0 Å². The summed E-state index contributed by atoms with van der Waals surface area (Å²) in [6.45, 7) is 3.96. The number of allylic oxidation sites excluding steroid dienone is 1. The van der Waals surface area contributed by atoms with Crippen LogP contribution in [0.2, 0.25) is 0 Å². The number of aliphatic hydroxyl groups excluding tert-OH is 1. The number of benzene rings is 1. The molecule has 33 heavy (non-hydrogen) atoms. The quantitative estimate of drug-likeness (QED) is 0.222. The van der Waals surface area contributed by atoms with Gasteiger partial charge in [0.1, 0.15) is 6.10 Å².